The first kappa shape index (κ1) is 14.2. The van der Waals surface area contributed by atoms with Crippen molar-refractivity contribution in [1.29, 1.82) is 5.26 Å². The number of nitrogens with zero attached hydrogens (tertiary/aromatic N) is 1. The van der Waals surface area contributed by atoms with Gasteiger partial charge in [0.1, 0.15) is 5.75 Å². The van der Waals surface area contributed by atoms with Gasteiger partial charge in [-0.1, -0.05) is 12.1 Å². The normalized spacial score (nSPS) is 12.3. The monoisotopic (exact) mass is 292 g/mol. The van der Waals surface area contributed by atoms with Crippen molar-refractivity contribution in [2.24, 2.45) is 0 Å². The number of anilines is 1. The minimum atomic E-state index is -0.240. The number of rotatable bonds is 4. The molecular weight excluding hydrogens is 276 g/mol. The summed E-state index contributed by atoms with van der Waals surface area (Å²) in [6, 6.07) is 14.8. The van der Waals surface area contributed by atoms with Crippen molar-refractivity contribution in [1.82, 2.24) is 0 Å². The summed E-state index contributed by atoms with van der Waals surface area (Å²) in [6.07, 6.45) is 3.40. The Labute approximate surface area is 129 Å². The number of ether oxygens (including phenoxy) is 1. The van der Waals surface area contributed by atoms with Gasteiger partial charge in [0.05, 0.1) is 11.6 Å². The van der Waals surface area contributed by atoms with Crippen LogP contribution in [-0.2, 0) is 17.6 Å². The van der Waals surface area contributed by atoms with E-state index < -0.39 is 0 Å². The van der Waals surface area contributed by atoms with Gasteiger partial charge in [0.2, 0.25) is 0 Å². The first-order chi connectivity index (χ1) is 10.7. The van der Waals surface area contributed by atoms with Gasteiger partial charge in [0.15, 0.2) is 6.61 Å². The van der Waals surface area contributed by atoms with Crippen LogP contribution in [0.4, 0.5) is 5.69 Å². The molecule has 1 N–H and O–H groups in total. The molecule has 2 aromatic rings. The number of nitrogens with one attached hydrogen (secondary N) is 1. The molecule has 0 spiro atoms. The molecule has 4 heteroatoms. The zero-order valence-electron chi connectivity index (χ0n) is 12.1. The van der Waals surface area contributed by atoms with Crippen LogP contribution in [0.5, 0.6) is 5.75 Å². The van der Waals surface area contributed by atoms with Crippen LogP contribution in [0.2, 0.25) is 0 Å². The summed E-state index contributed by atoms with van der Waals surface area (Å²) >= 11 is 0. The molecule has 0 saturated carbocycles. The summed E-state index contributed by atoms with van der Waals surface area (Å²) in [5, 5.41) is 11.6. The Morgan fingerprint density at radius 2 is 2.05 bits per heavy atom. The maximum absolute atomic E-state index is 11.9. The first-order valence-electron chi connectivity index (χ1n) is 7.29. The van der Waals surface area contributed by atoms with Gasteiger partial charge in [0.25, 0.3) is 5.91 Å². The molecule has 0 unspecified atom stereocenters. The fourth-order valence-corrected chi connectivity index (χ4v) is 2.65. The fraction of sp³-hybridized carbons (Fsp3) is 0.222. The maximum Gasteiger partial charge on any atom is 0.262 e. The molecule has 4 nitrogen and oxygen atoms in total. The van der Waals surface area contributed by atoms with Crippen LogP contribution in [0.15, 0.2) is 42.5 Å². The fourth-order valence-electron chi connectivity index (χ4n) is 2.65. The van der Waals surface area contributed by atoms with E-state index in [1.165, 1.54) is 17.5 Å². The summed E-state index contributed by atoms with van der Waals surface area (Å²) in [6.45, 7) is -0.0461. The number of hydrogen-bond donors (Lipinski definition) is 1. The first-order valence-corrected chi connectivity index (χ1v) is 7.29. The van der Waals surface area contributed by atoms with Crippen LogP contribution in [0.1, 0.15) is 23.1 Å². The third kappa shape index (κ3) is 3.26. The molecule has 22 heavy (non-hydrogen) atoms. The predicted octanol–water partition coefficient (Wildman–Crippen LogP) is 3.06. The molecule has 1 aliphatic rings. The number of fused-ring (bicyclic) bond motifs is 1. The summed E-state index contributed by atoms with van der Waals surface area (Å²) in [7, 11) is 0. The number of aryl methyl sites for hydroxylation is 2. The summed E-state index contributed by atoms with van der Waals surface area (Å²) in [5.74, 6) is 0.483. The molecule has 0 fully saturated rings. The van der Waals surface area contributed by atoms with Gasteiger partial charge in [0, 0.05) is 5.69 Å². The van der Waals surface area contributed by atoms with Gasteiger partial charge < -0.3 is 10.1 Å². The third-order valence-electron chi connectivity index (χ3n) is 3.72. The Balaban J connectivity index is 1.57. The minimum Gasteiger partial charge on any atom is -0.484 e. The van der Waals surface area contributed by atoms with Gasteiger partial charge >= 0.3 is 0 Å². The highest BCUT2D eigenvalue weighted by Crippen LogP contribution is 2.26. The van der Waals surface area contributed by atoms with Gasteiger partial charge in [-0.2, -0.15) is 5.26 Å². The lowest BCUT2D eigenvalue weighted by molar-refractivity contribution is -0.118. The molecular formula is C18H16N2O2. The second-order valence-electron chi connectivity index (χ2n) is 5.31. The van der Waals surface area contributed by atoms with E-state index >= 15 is 0 Å². The summed E-state index contributed by atoms with van der Waals surface area (Å²) in [4.78, 5) is 11.9. The highest BCUT2D eigenvalue weighted by Gasteiger charge is 2.12. The Hall–Kier alpha value is -2.80. The standard InChI is InChI=1S/C18H16N2O2/c19-11-13-3-1-6-16(9-13)20-18(21)12-22-17-8-7-14-4-2-5-15(14)10-17/h1,3,6-10H,2,4-5,12H2,(H,20,21). The molecule has 1 amide bonds. The predicted molar refractivity (Wildman–Crippen MR) is 83.7 cm³/mol. The van der Waals surface area contributed by atoms with Gasteiger partial charge in [-0.25, -0.2) is 0 Å². The quantitative estimate of drug-likeness (QED) is 0.942. The third-order valence-corrected chi connectivity index (χ3v) is 3.72. The van der Waals surface area contributed by atoms with Crippen LogP contribution in [0.25, 0.3) is 0 Å². The van der Waals surface area contributed by atoms with Crippen LogP contribution in [-0.4, -0.2) is 12.5 Å². The van der Waals surface area contributed by atoms with Crippen molar-refractivity contribution in [3.05, 3.63) is 59.2 Å². The molecule has 0 aromatic heterocycles. The van der Waals surface area contributed by atoms with Gasteiger partial charge in [-0.15, -0.1) is 0 Å². The minimum absolute atomic E-state index is 0.0461. The lowest BCUT2D eigenvalue weighted by Gasteiger charge is -2.09. The Morgan fingerprint density at radius 3 is 2.91 bits per heavy atom. The molecule has 1 aliphatic carbocycles. The average Bonchev–Trinajstić information content (AvgIpc) is 3.00. The number of carbonyl (C=O) groups excluding carboxylic acids is 1. The Kier molecular flexibility index (Phi) is 4.06. The summed E-state index contributed by atoms with van der Waals surface area (Å²) in [5.41, 5.74) is 3.81. The van der Waals surface area contributed by atoms with Gasteiger partial charge in [-0.3, -0.25) is 4.79 Å². The largest absolute Gasteiger partial charge is 0.484 e. The highest BCUT2D eigenvalue weighted by atomic mass is 16.5. The maximum atomic E-state index is 11.9. The van der Waals surface area contributed by atoms with E-state index in [-0.39, 0.29) is 12.5 Å². The number of amides is 1. The van der Waals surface area contributed by atoms with Gasteiger partial charge in [-0.05, 0) is 60.7 Å². The lowest BCUT2D eigenvalue weighted by atomic mass is 10.1. The molecule has 0 saturated heterocycles. The van der Waals surface area contributed by atoms with E-state index in [1.54, 1.807) is 24.3 Å². The second kappa shape index (κ2) is 6.31. The number of carbonyl (C=O) groups is 1. The van der Waals surface area contributed by atoms with Crippen LogP contribution < -0.4 is 10.1 Å². The summed E-state index contributed by atoms with van der Waals surface area (Å²) < 4.78 is 5.54. The zero-order valence-corrected chi connectivity index (χ0v) is 12.1. The number of nitriles is 1. The van der Waals surface area contributed by atoms with Crippen molar-refractivity contribution in [3.63, 3.8) is 0 Å². The van der Waals surface area contributed by atoms with Crippen molar-refractivity contribution in [2.75, 3.05) is 11.9 Å². The van der Waals surface area contributed by atoms with E-state index in [2.05, 4.69) is 11.4 Å². The van der Waals surface area contributed by atoms with Crippen molar-refractivity contribution >= 4 is 11.6 Å². The molecule has 2 aromatic carbocycles. The van der Waals surface area contributed by atoms with Crippen LogP contribution >= 0.6 is 0 Å². The van der Waals surface area contributed by atoms with E-state index in [0.717, 1.165) is 18.6 Å². The Morgan fingerprint density at radius 1 is 1.18 bits per heavy atom. The average molecular weight is 292 g/mol. The molecule has 0 aliphatic heterocycles. The SMILES string of the molecule is N#Cc1cccc(NC(=O)COc2ccc3c(c2)CCC3)c1. The van der Waals surface area contributed by atoms with Crippen LogP contribution in [0, 0.1) is 11.3 Å². The van der Waals surface area contributed by atoms with Crippen molar-refractivity contribution in [3.8, 4) is 11.8 Å². The highest BCUT2D eigenvalue weighted by molar-refractivity contribution is 5.92. The molecule has 0 radical (unpaired) electrons. The lowest BCUT2D eigenvalue weighted by Crippen LogP contribution is -2.20. The zero-order chi connectivity index (χ0) is 15.4. The smallest absolute Gasteiger partial charge is 0.262 e. The molecule has 0 bridgehead atoms. The molecule has 110 valence electrons. The topological polar surface area (TPSA) is 62.1 Å². The van der Waals surface area contributed by atoms with E-state index in [9.17, 15) is 4.79 Å². The number of benzene rings is 2. The van der Waals surface area contributed by atoms with Crippen molar-refractivity contribution < 1.29 is 9.53 Å². The van der Waals surface area contributed by atoms with Crippen molar-refractivity contribution in [2.45, 2.75) is 19.3 Å². The number of hydrogen-bond acceptors (Lipinski definition) is 3. The van der Waals surface area contributed by atoms with E-state index in [1.807, 2.05) is 18.2 Å². The van der Waals surface area contributed by atoms with E-state index in [0.29, 0.717) is 11.3 Å². The molecule has 0 heterocycles. The van der Waals surface area contributed by atoms with E-state index in [4.69, 9.17) is 10.00 Å². The molecule has 3 rings (SSSR count). The van der Waals surface area contributed by atoms with Crippen LogP contribution in [0.3, 0.4) is 0 Å². The Bertz CT molecular complexity index is 747. The second-order valence-corrected chi connectivity index (χ2v) is 5.31. The molecule has 0 atom stereocenters.